The fourth-order valence-electron chi connectivity index (χ4n) is 1.42. The van der Waals surface area contributed by atoms with Crippen LogP contribution in [0.25, 0.3) is 0 Å². The third-order valence-electron chi connectivity index (χ3n) is 2.41. The van der Waals surface area contributed by atoms with Crippen molar-refractivity contribution in [1.82, 2.24) is 5.32 Å². The molecule has 2 N–H and O–H groups in total. The molecule has 5 nitrogen and oxygen atoms in total. The van der Waals surface area contributed by atoms with Crippen molar-refractivity contribution in [3.63, 3.8) is 0 Å². The van der Waals surface area contributed by atoms with Gasteiger partial charge in [-0.1, -0.05) is 23.7 Å². The number of halogens is 1. The van der Waals surface area contributed by atoms with Crippen LogP contribution in [0.3, 0.4) is 0 Å². The summed E-state index contributed by atoms with van der Waals surface area (Å²) in [6, 6.07) is 6.15. The summed E-state index contributed by atoms with van der Waals surface area (Å²) in [4.78, 5) is 21.9. The number of hydrogen-bond donors (Lipinski definition) is 2. The number of methoxy groups -OCH3 is 1. The monoisotopic (exact) mass is 271 g/mol. The van der Waals surface area contributed by atoms with Gasteiger partial charge in [0, 0.05) is 5.02 Å². The van der Waals surface area contributed by atoms with Crippen molar-refractivity contribution in [2.75, 3.05) is 7.11 Å². The van der Waals surface area contributed by atoms with Gasteiger partial charge in [-0.3, -0.25) is 0 Å². The Morgan fingerprint density at radius 1 is 1.39 bits per heavy atom. The van der Waals surface area contributed by atoms with E-state index in [2.05, 4.69) is 10.1 Å². The fraction of sp³-hybridized carbons (Fsp3) is 0.333. The van der Waals surface area contributed by atoms with Gasteiger partial charge in [0.05, 0.1) is 7.11 Å². The number of aliphatic carboxylic acids is 1. The molecule has 0 fully saturated rings. The SMILES string of the molecule is COC(=O)N[C@@H](CCc1ccc(Cl)cc1)C(=O)O. The van der Waals surface area contributed by atoms with Gasteiger partial charge in [0.1, 0.15) is 6.04 Å². The zero-order valence-corrected chi connectivity index (χ0v) is 10.6. The van der Waals surface area contributed by atoms with Crippen LogP contribution < -0.4 is 5.32 Å². The van der Waals surface area contributed by atoms with Crippen molar-refractivity contribution < 1.29 is 19.4 Å². The first-order chi connectivity index (χ1) is 8.52. The van der Waals surface area contributed by atoms with Crippen LogP contribution in [0.15, 0.2) is 24.3 Å². The highest BCUT2D eigenvalue weighted by Crippen LogP contribution is 2.11. The van der Waals surface area contributed by atoms with Gasteiger partial charge in [0.25, 0.3) is 0 Å². The fourth-order valence-corrected chi connectivity index (χ4v) is 1.55. The molecule has 1 atom stereocenters. The average molecular weight is 272 g/mol. The molecule has 0 unspecified atom stereocenters. The third kappa shape index (κ3) is 4.63. The van der Waals surface area contributed by atoms with Crippen molar-refractivity contribution in [2.24, 2.45) is 0 Å². The van der Waals surface area contributed by atoms with Gasteiger partial charge in [0.2, 0.25) is 0 Å². The van der Waals surface area contributed by atoms with Gasteiger partial charge in [-0.25, -0.2) is 9.59 Å². The van der Waals surface area contributed by atoms with Crippen molar-refractivity contribution in [3.8, 4) is 0 Å². The first-order valence-electron chi connectivity index (χ1n) is 5.34. The quantitative estimate of drug-likeness (QED) is 0.860. The molecule has 0 aliphatic heterocycles. The zero-order valence-electron chi connectivity index (χ0n) is 9.85. The van der Waals surface area contributed by atoms with E-state index in [-0.39, 0.29) is 6.42 Å². The minimum Gasteiger partial charge on any atom is -0.480 e. The minimum atomic E-state index is -1.09. The molecule has 0 radical (unpaired) electrons. The maximum atomic E-state index is 11.0. The van der Waals surface area contributed by atoms with Crippen LogP contribution in [0.4, 0.5) is 4.79 Å². The lowest BCUT2D eigenvalue weighted by molar-refractivity contribution is -0.139. The highest BCUT2D eigenvalue weighted by molar-refractivity contribution is 6.30. The second-order valence-corrected chi connectivity index (χ2v) is 4.13. The number of benzene rings is 1. The molecule has 0 saturated heterocycles. The Hall–Kier alpha value is -1.75. The zero-order chi connectivity index (χ0) is 13.5. The molecule has 0 spiro atoms. The lowest BCUT2D eigenvalue weighted by atomic mass is 10.1. The molecule has 1 aromatic rings. The molecule has 1 aromatic carbocycles. The predicted molar refractivity (Wildman–Crippen MR) is 66.7 cm³/mol. The maximum Gasteiger partial charge on any atom is 0.407 e. The maximum absolute atomic E-state index is 11.0. The number of carbonyl (C=O) groups excluding carboxylic acids is 1. The minimum absolute atomic E-state index is 0.284. The van der Waals surface area contributed by atoms with Crippen LogP contribution in [-0.4, -0.2) is 30.3 Å². The van der Waals surface area contributed by atoms with Gasteiger partial charge in [-0.15, -0.1) is 0 Å². The van der Waals surface area contributed by atoms with Gasteiger partial charge in [-0.05, 0) is 30.5 Å². The lowest BCUT2D eigenvalue weighted by Gasteiger charge is -2.13. The van der Waals surface area contributed by atoms with Crippen molar-refractivity contribution >= 4 is 23.7 Å². The van der Waals surface area contributed by atoms with E-state index < -0.39 is 18.1 Å². The summed E-state index contributed by atoms with van der Waals surface area (Å²) < 4.78 is 4.37. The van der Waals surface area contributed by atoms with Gasteiger partial charge in [0.15, 0.2) is 0 Å². The van der Waals surface area contributed by atoms with Crippen LogP contribution >= 0.6 is 11.6 Å². The van der Waals surface area contributed by atoms with Crippen molar-refractivity contribution in [1.29, 1.82) is 0 Å². The second-order valence-electron chi connectivity index (χ2n) is 3.69. The van der Waals surface area contributed by atoms with Gasteiger partial charge in [-0.2, -0.15) is 0 Å². The molecule has 0 bridgehead atoms. The van der Waals surface area contributed by atoms with Crippen LogP contribution in [0, 0.1) is 0 Å². The number of carbonyl (C=O) groups is 2. The molecule has 0 heterocycles. The summed E-state index contributed by atoms with van der Waals surface area (Å²) >= 11 is 5.74. The molecular formula is C12H14ClNO4. The molecule has 0 saturated carbocycles. The van der Waals surface area contributed by atoms with E-state index in [0.717, 1.165) is 5.56 Å². The Bertz CT molecular complexity index is 419. The summed E-state index contributed by atoms with van der Waals surface area (Å²) in [6.45, 7) is 0. The first-order valence-corrected chi connectivity index (χ1v) is 5.72. The molecule has 1 rings (SSSR count). The van der Waals surface area contributed by atoms with Crippen LogP contribution in [0.5, 0.6) is 0 Å². The number of carboxylic acid groups (broad SMARTS) is 1. The summed E-state index contributed by atoms with van der Waals surface area (Å²) in [7, 11) is 1.19. The normalized spacial score (nSPS) is 11.7. The third-order valence-corrected chi connectivity index (χ3v) is 2.66. The molecule has 0 aliphatic rings. The Balaban J connectivity index is 2.54. The molecule has 0 aromatic heterocycles. The van der Waals surface area contributed by atoms with E-state index in [9.17, 15) is 9.59 Å². The van der Waals surface area contributed by atoms with E-state index >= 15 is 0 Å². The Morgan fingerprint density at radius 3 is 2.50 bits per heavy atom. The molecular weight excluding hydrogens is 258 g/mol. The standard InChI is InChI=1S/C12H14ClNO4/c1-18-12(17)14-10(11(15)16)7-4-8-2-5-9(13)6-3-8/h2-3,5-6,10H,4,7H2,1H3,(H,14,17)(H,15,16)/t10-/m0/s1. The van der Waals surface area contributed by atoms with E-state index in [1.54, 1.807) is 12.1 Å². The molecule has 0 aliphatic carbocycles. The smallest absolute Gasteiger partial charge is 0.407 e. The van der Waals surface area contributed by atoms with Gasteiger partial charge < -0.3 is 15.2 Å². The van der Waals surface area contributed by atoms with Gasteiger partial charge >= 0.3 is 12.1 Å². The van der Waals surface area contributed by atoms with E-state index in [0.29, 0.717) is 11.4 Å². The molecule has 18 heavy (non-hydrogen) atoms. The highest BCUT2D eigenvalue weighted by atomic mass is 35.5. The van der Waals surface area contributed by atoms with Crippen LogP contribution in [0.2, 0.25) is 5.02 Å². The molecule has 98 valence electrons. The molecule has 1 amide bonds. The highest BCUT2D eigenvalue weighted by Gasteiger charge is 2.19. The van der Waals surface area contributed by atoms with Crippen molar-refractivity contribution in [3.05, 3.63) is 34.9 Å². The lowest BCUT2D eigenvalue weighted by Crippen LogP contribution is -2.41. The summed E-state index contributed by atoms with van der Waals surface area (Å²) in [5.74, 6) is -1.09. The Morgan fingerprint density at radius 2 is 2.00 bits per heavy atom. The van der Waals surface area contributed by atoms with E-state index in [1.807, 2.05) is 12.1 Å². The predicted octanol–water partition coefficient (Wildman–Crippen LogP) is 2.08. The average Bonchev–Trinajstić information content (AvgIpc) is 2.35. The number of aryl methyl sites for hydroxylation is 1. The number of ether oxygens (including phenoxy) is 1. The molecule has 6 heteroatoms. The largest absolute Gasteiger partial charge is 0.480 e. The topological polar surface area (TPSA) is 75.6 Å². The number of hydrogen-bond acceptors (Lipinski definition) is 3. The van der Waals surface area contributed by atoms with Crippen LogP contribution in [0.1, 0.15) is 12.0 Å². The van der Waals surface area contributed by atoms with Crippen LogP contribution in [-0.2, 0) is 16.0 Å². The number of rotatable bonds is 5. The van der Waals surface area contributed by atoms with E-state index in [4.69, 9.17) is 16.7 Å². The number of alkyl carbamates (subject to hydrolysis) is 1. The Kier molecular flexibility index (Phi) is 5.45. The summed E-state index contributed by atoms with van der Waals surface area (Å²) in [6.07, 6.45) is 0.0583. The second kappa shape index (κ2) is 6.86. The van der Waals surface area contributed by atoms with E-state index in [1.165, 1.54) is 7.11 Å². The number of amides is 1. The van der Waals surface area contributed by atoms with Crippen molar-refractivity contribution in [2.45, 2.75) is 18.9 Å². The summed E-state index contributed by atoms with van der Waals surface area (Å²) in [5.41, 5.74) is 0.956. The Labute approximate surface area is 110 Å². The first kappa shape index (κ1) is 14.3. The summed E-state index contributed by atoms with van der Waals surface area (Å²) in [5, 5.41) is 11.8. The number of carboxylic acids is 1. The number of nitrogens with one attached hydrogen (secondary N) is 1.